The molecule has 0 saturated carbocycles. The summed E-state index contributed by atoms with van der Waals surface area (Å²) in [5, 5.41) is 22.6. The van der Waals surface area contributed by atoms with Crippen LogP contribution in [0.15, 0.2) is 40.9 Å². The van der Waals surface area contributed by atoms with E-state index in [0.717, 1.165) is 6.07 Å². The maximum absolute atomic E-state index is 12.1. The number of aromatic hydroxyl groups is 1. The van der Waals surface area contributed by atoms with Crippen molar-refractivity contribution in [3.63, 3.8) is 0 Å². The van der Waals surface area contributed by atoms with Crippen molar-refractivity contribution in [3.8, 4) is 5.75 Å². The lowest BCUT2D eigenvalue weighted by atomic mass is 10.1. The maximum atomic E-state index is 12.1. The first-order valence-electron chi connectivity index (χ1n) is 5.71. The zero-order chi connectivity index (χ0) is 15.6. The van der Waals surface area contributed by atoms with Gasteiger partial charge in [-0.1, -0.05) is 15.9 Å². The van der Waals surface area contributed by atoms with Gasteiger partial charge in [0.25, 0.3) is 11.6 Å². The fourth-order valence-electron chi connectivity index (χ4n) is 1.71. The smallest absolute Gasteiger partial charge is 0.296 e. The van der Waals surface area contributed by atoms with Gasteiger partial charge in [-0.3, -0.25) is 14.9 Å². The molecule has 0 unspecified atom stereocenters. The Kier molecular flexibility index (Phi) is 4.08. The fourth-order valence-corrected chi connectivity index (χ4v) is 2.23. The van der Waals surface area contributed by atoms with E-state index in [1.807, 2.05) is 0 Å². The molecule has 21 heavy (non-hydrogen) atoms. The van der Waals surface area contributed by atoms with Gasteiger partial charge in [-0.2, -0.15) is 0 Å². The van der Waals surface area contributed by atoms with E-state index in [2.05, 4.69) is 21.2 Å². The lowest BCUT2D eigenvalue weighted by Gasteiger charge is -2.07. The third-order valence-corrected chi connectivity index (χ3v) is 3.07. The second kappa shape index (κ2) is 5.80. The van der Waals surface area contributed by atoms with E-state index in [9.17, 15) is 20.0 Å². The summed E-state index contributed by atoms with van der Waals surface area (Å²) in [6.07, 6.45) is 0. The van der Waals surface area contributed by atoms with Crippen LogP contribution in [0.4, 0.5) is 17.1 Å². The predicted molar refractivity (Wildman–Crippen MR) is 81.3 cm³/mol. The molecule has 0 spiro atoms. The number of amides is 1. The third kappa shape index (κ3) is 3.48. The van der Waals surface area contributed by atoms with E-state index >= 15 is 0 Å². The molecule has 8 heteroatoms. The second-order valence-electron chi connectivity index (χ2n) is 4.19. The number of nitrogens with zero attached hydrogens (tertiary/aromatic N) is 1. The summed E-state index contributed by atoms with van der Waals surface area (Å²) in [5.41, 5.74) is 5.87. The van der Waals surface area contributed by atoms with E-state index in [-0.39, 0.29) is 17.0 Å². The molecule has 2 rings (SSSR count). The Labute approximate surface area is 127 Å². The second-order valence-corrected chi connectivity index (χ2v) is 5.10. The molecule has 4 N–H and O–H groups in total. The molecular formula is C13H10BrN3O4. The number of hydrogen-bond donors (Lipinski definition) is 3. The molecule has 0 aromatic heterocycles. The molecule has 0 atom stereocenters. The molecule has 0 aliphatic carbocycles. The highest BCUT2D eigenvalue weighted by Crippen LogP contribution is 2.29. The molecule has 0 radical (unpaired) electrons. The highest BCUT2D eigenvalue weighted by Gasteiger charge is 2.17. The van der Waals surface area contributed by atoms with Gasteiger partial charge in [-0.15, -0.1) is 0 Å². The minimum Gasteiger partial charge on any atom is -0.508 e. The predicted octanol–water partition coefficient (Wildman–Crippen LogP) is 2.90. The van der Waals surface area contributed by atoms with Crippen LogP contribution >= 0.6 is 15.9 Å². The third-order valence-electron chi connectivity index (χ3n) is 2.61. The first-order valence-corrected chi connectivity index (χ1v) is 6.51. The lowest BCUT2D eigenvalue weighted by Crippen LogP contribution is -2.13. The van der Waals surface area contributed by atoms with E-state index in [0.29, 0.717) is 10.2 Å². The molecular weight excluding hydrogens is 342 g/mol. The molecule has 1 amide bonds. The summed E-state index contributed by atoms with van der Waals surface area (Å²) < 4.78 is 0.618. The Hall–Kier alpha value is -2.61. The van der Waals surface area contributed by atoms with Crippen molar-refractivity contribution >= 4 is 38.9 Å². The molecule has 0 fully saturated rings. The first kappa shape index (κ1) is 14.8. The van der Waals surface area contributed by atoms with Gasteiger partial charge in [0.1, 0.15) is 11.4 Å². The number of nitrogens with one attached hydrogen (secondary N) is 1. The lowest BCUT2D eigenvalue weighted by molar-refractivity contribution is -0.384. The highest BCUT2D eigenvalue weighted by atomic mass is 79.9. The fraction of sp³-hybridized carbons (Fsp3) is 0. The number of nitrogens with two attached hydrogens (primary N) is 1. The van der Waals surface area contributed by atoms with Crippen molar-refractivity contribution in [1.82, 2.24) is 0 Å². The molecule has 0 aliphatic heterocycles. The van der Waals surface area contributed by atoms with Gasteiger partial charge in [0, 0.05) is 15.7 Å². The van der Waals surface area contributed by atoms with Gasteiger partial charge in [0.15, 0.2) is 0 Å². The Balaban J connectivity index is 2.33. The van der Waals surface area contributed by atoms with Crippen LogP contribution in [-0.4, -0.2) is 15.9 Å². The van der Waals surface area contributed by atoms with Crippen molar-refractivity contribution in [3.05, 3.63) is 56.5 Å². The van der Waals surface area contributed by atoms with Crippen molar-refractivity contribution in [1.29, 1.82) is 0 Å². The summed E-state index contributed by atoms with van der Waals surface area (Å²) in [6.45, 7) is 0. The van der Waals surface area contributed by atoms with E-state index < -0.39 is 16.5 Å². The van der Waals surface area contributed by atoms with Gasteiger partial charge < -0.3 is 16.2 Å². The maximum Gasteiger partial charge on any atom is 0.296 e. The number of hydrogen-bond acceptors (Lipinski definition) is 5. The van der Waals surface area contributed by atoms with E-state index in [1.54, 1.807) is 6.07 Å². The molecule has 0 heterocycles. The Morgan fingerprint density at radius 3 is 2.62 bits per heavy atom. The highest BCUT2D eigenvalue weighted by molar-refractivity contribution is 9.10. The van der Waals surface area contributed by atoms with Crippen LogP contribution in [0, 0.1) is 10.1 Å². The van der Waals surface area contributed by atoms with Crippen LogP contribution in [0.3, 0.4) is 0 Å². The average molecular weight is 352 g/mol. The first-order chi connectivity index (χ1) is 9.86. The average Bonchev–Trinajstić information content (AvgIpc) is 2.39. The number of rotatable bonds is 3. The van der Waals surface area contributed by atoms with Crippen molar-refractivity contribution in [2.24, 2.45) is 0 Å². The summed E-state index contributed by atoms with van der Waals surface area (Å²) in [4.78, 5) is 22.3. The molecule has 0 aliphatic rings. The number of halogens is 1. The van der Waals surface area contributed by atoms with E-state index in [4.69, 9.17) is 5.73 Å². The number of phenols is 1. The van der Waals surface area contributed by atoms with Crippen LogP contribution < -0.4 is 11.1 Å². The van der Waals surface area contributed by atoms with Crippen LogP contribution in [-0.2, 0) is 0 Å². The van der Waals surface area contributed by atoms with Gasteiger partial charge in [0.2, 0.25) is 0 Å². The number of phenolic OH excluding ortho intramolecular Hbond substituents is 1. The largest absolute Gasteiger partial charge is 0.508 e. The van der Waals surface area contributed by atoms with Crippen LogP contribution in [0.5, 0.6) is 5.75 Å². The molecule has 0 bridgehead atoms. The van der Waals surface area contributed by atoms with Crippen molar-refractivity contribution in [2.75, 3.05) is 11.1 Å². The minimum absolute atomic E-state index is 0.0126. The molecule has 2 aromatic carbocycles. The number of carbonyl (C=O) groups excluding carboxylic acids is 1. The van der Waals surface area contributed by atoms with Crippen LogP contribution in [0.2, 0.25) is 0 Å². The Morgan fingerprint density at radius 2 is 2.00 bits per heavy atom. The molecule has 2 aromatic rings. The number of nitrogen functional groups attached to an aromatic ring is 1. The zero-order valence-electron chi connectivity index (χ0n) is 10.5. The number of nitro benzene ring substituents is 1. The standard InChI is InChI=1S/C13H10BrN3O4/c14-8-3-7(4-9(15)5-8)13(19)16-11-2-1-10(18)6-12(11)17(20)21/h1-6,18H,15H2,(H,16,19). The van der Waals surface area contributed by atoms with Crippen LogP contribution in [0.25, 0.3) is 0 Å². The van der Waals surface area contributed by atoms with Gasteiger partial charge in [0.05, 0.1) is 11.0 Å². The van der Waals surface area contributed by atoms with Gasteiger partial charge >= 0.3 is 0 Å². The topological polar surface area (TPSA) is 118 Å². The molecule has 0 saturated heterocycles. The summed E-state index contributed by atoms with van der Waals surface area (Å²) in [6, 6.07) is 8.08. The SMILES string of the molecule is Nc1cc(Br)cc(C(=O)Nc2ccc(O)cc2[N+](=O)[O-])c1. The monoisotopic (exact) mass is 351 g/mol. The number of benzene rings is 2. The van der Waals surface area contributed by atoms with Crippen molar-refractivity contribution in [2.45, 2.75) is 0 Å². The quantitative estimate of drug-likeness (QED) is 0.340. The number of nitro groups is 1. The number of anilines is 2. The summed E-state index contributed by atoms with van der Waals surface area (Å²) in [5.74, 6) is -0.803. The normalized spacial score (nSPS) is 10.1. The zero-order valence-corrected chi connectivity index (χ0v) is 12.1. The number of carbonyl (C=O) groups is 1. The molecule has 108 valence electrons. The summed E-state index contributed by atoms with van der Waals surface area (Å²) in [7, 11) is 0. The van der Waals surface area contributed by atoms with Crippen LogP contribution in [0.1, 0.15) is 10.4 Å². The Morgan fingerprint density at radius 1 is 1.29 bits per heavy atom. The molecule has 7 nitrogen and oxygen atoms in total. The van der Waals surface area contributed by atoms with Crippen molar-refractivity contribution < 1.29 is 14.8 Å². The van der Waals surface area contributed by atoms with E-state index in [1.165, 1.54) is 24.3 Å². The summed E-state index contributed by atoms with van der Waals surface area (Å²) >= 11 is 3.21. The van der Waals surface area contributed by atoms with Gasteiger partial charge in [-0.25, -0.2) is 0 Å². The van der Waals surface area contributed by atoms with Gasteiger partial charge in [-0.05, 0) is 30.3 Å². The Bertz CT molecular complexity index is 713. The minimum atomic E-state index is -0.690.